The van der Waals surface area contributed by atoms with Crippen LogP contribution in [0.1, 0.15) is 33.1 Å². The SMILES string of the molecule is CCNCC1(CC)CC1. The first kappa shape index (κ1) is 7.07. The summed E-state index contributed by atoms with van der Waals surface area (Å²) in [6.07, 6.45) is 4.27. The molecule has 1 aliphatic carbocycles. The van der Waals surface area contributed by atoms with Crippen molar-refractivity contribution in [3.63, 3.8) is 0 Å². The molecular weight excluding hydrogens is 110 g/mol. The molecule has 1 fully saturated rings. The molecule has 0 saturated heterocycles. The van der Waals surface area contributed by atoms with Crippen LogP contribution in [0.2, 0.25) is 0 Å². The Kier molecular flexibility index (Phi) is 2.12. The normalized spacial score (nSPS) is 22.0. The average Bonchev–Trinajstić information content (AvgIpc) is 2.65. The summed E-state index contributed by atoms with van der Waals surface area (Å²) < 4.78 is 0. The van der Waals surface area contributed by atoms with E-state index in [1.165, 1.54) is 25.8 Å². The molecule has 0 unspecified atom stereocenters. The first-order valence-electron chi connectivity index (χ1n) is 4.04. The van der Waals surface area contributed by atoms with Crippen molar-refractivity contribution < 1.29 is 0 Å². The maximum absolute atomic E-state index is 3.40. The molecule has 0 aromatic heterocycles. The van der Waals surface area contributed by atoms with Crippen molar-refractivity contribution in [3.8, 4) is 0 Å². The van der Waals surface area contributed by atoms with Gasteiger partial charge in [-0.2, -0.15) is 0 Å². The molecule has 0 heterocycles. The Morgan fingerprint density at radius 1 is 1.33 bits per heavy atom. The van der Waals surface area contributed by atoms with Crippen LogP contribution >= 0.6 is 0 Å². The van der Waals surface area contributed by atoms with E-state index in [4.69, 9.17) is 0 Å². The molecule has 9 heavy (non-hydrogen) atoms. The van der Waals surface area contributed by atoms with Gasteiger partial charge in [0, 0.05) is 6.54 Å². The van der Waals surface area contributed by atoms with E-state index in [2.05, 4.69) is 19.2 Å². The monoisotopic (exact) mass is 127 g/mol. The third-order valence-electron chi connectivity index (χ3n) is 2.46. The van der Waals surface area contributed by atoms with Crippen molar-refractivity contribution in [2.24, 2.45) is 5.41 Å². The quantitative estimate of drug-likeness (QED) is 0.607. The highest BCUT2D eigenvalue weighted by Crippen LogP contribution is 2.47. The summed E-state index contributed by atoms with van der Waals surface area (Å²) in [6.45, 7) is 6.85. The molecule has 0 aromatic rings. The van der Waals surface area contributed by atoms with E-state index in [1.54, 1.807) is 0 Å². The molecule has 0 amide bonds. The van der Waals surface area contributed by atoms with E-state index >= 15 is 0 Å². The van der Waals surface area contributed by atoms with Gasteiger partial charge in [-0.15, -0.1) is 0 Å². The maximum atomic E-state index is 3.40. The van der Waals surface area contributed by atoms with Gasteiger partial charge in [0.2, 0.25) is 0 Å². The lowest BCUT2D eigenvalue weighted by molar-refractivity contribution is 0.451. The zero-order valence-corrected chi connectivity index (χ0v) is 6.54. The fraction of sp³-hybridized carbons (Fsp3) is 1.00. The minimum absolute atomic E-state index is 0.732. The van der Waals surface area contributed by atoms with Gasteiger partial charge in [0.05, 0.1) is 0 Å². The molecule has 54 valence electrons. The summed E-state index contributed by atoms with van der Waals surface area (Å²) in [5.41, 5.74) is 0.732. The van der Waals surface area contributed by atoms with E-state index < -0.39 is 0 Å². The predicted molar refractivity (Wildman–Crippen MR) is 40.5 cm³/mol. The lowest BCUT2D eigenvalue weighted by Crippen LogP contribution is -2.22. The second-order valence-electron chi connectivity index (χ2n) is 3.13. The van der Waals surface area contributed by atoms with Crippen LogP contribution in [0.25, 0.3) is 0 Å². The summed E-state index contributed by atoms with van der Waals surface area (Å²) in [4.78, 5) is 0. The van der Waals surface area contributed by atoms with Gasteiger partial charge in [-0.1, -0.05) is 13.8 Å². The zero-order chi connectivity index (χ0) is 6.74. The van der Waals surface area contributed by atoms with Gasteiger partial charge in [-0.25, -0.2) is 0 Å². The lowest BCUT2D eigenvalue weighted by Gasteiger charge is -2.11. The first-order chi connectivity index (χ1) is 4.33. The standard InChI is InChI=1S/C8H17N/c1-3-8(5-6-8)7-9-4-2/h9H,3-7H2,1-2H3. The first-order valence-corrected chi connectivity index (χ1v) is 4.04. The van der Waals surface area contributed by atoms with Gasteiger partial charge in [0.15, 0.2) is 0 Å². The molecule has 0 radical (unpaired) electrons. The zero-order valence-electron chi connectivity index (χ0n) is 6.54. The van der Waals surface area contributed by atoms with Crippen molar-refractivity contribution in [1.82, 2.24) is 5.32 Å². The van der Waals surface area contributed by atoms with Crippen molar-refractivity contribution in [2.45, 2.75) is 33.1 Å². The molecule has 1 N–H and O–H groups in total. The number of nitrogens with one attached hydrogen (secondary N) is 1. The van der Waals surface area contributed by atoms with E-state index in [-0.39, 0.29) is 0 Å². The van der Waals surface area contributed by atoms with Crippen molar-refractivity contribution in [3.05, 3.63) is 0 Å². The fourth-order valence-electron chi connectivity index (χ4n) is 1.22. The third-order valence-corrected chi connectivity index (χ3v) is 2.46. The Labute approximate surface area is 57.8 Å². The van der Waals surface area contributed by atoms with Crippen molar-refractivity contribution >= 4 is 0 Å². The second kappa shape index (κ2) is 2.70. The van der Waals surface area contributed by atoms with Crippen LogP contribution < -0.4 is 5.32 Å². The van der Waals surface area contributed by atoms with E-state index in [1.807, 2.05) is 0 Å². The van der Waals surface area contributed by atoms with Crippen LogP contribution in [0.4, 0.5) is 0 Å². The van der Waals surface area contributed by atoms with Crippen molar-refractivity contribution in [1.29, 1.82) is 0 Å². The van der Waals surface area contributed by atoms with Gasteiger partial charge in [0.25, 0.3) is 0 Å². The Hall–Kier alpha value is -0.0400. The molecule has 0 atom stereocenters. The Morgan fingerprint density at radius 2 is 2.00 bits per heavy atom. The molecule has 0 aromatic carbocycles. The number of rotatable bonds is 4. The highest BCUT2D eigenvalue weighted by atomic mass is 14.9. The van der Waals surface area contributed by atoms with Gasteiger partial charge >= 0.3 is 0 Å². The van der Waals surface area contributed by atoms with Gasteiger partial charge < -0.3 is 5.32 Å². The molecule has 1 aliphatic rings. The smallest absolute Gasteiger partial charge is 0.000759 e. The molecule has 1 rings (SSSR count). The highest BCUT2D eigenvalue weighted by molar-refractivity contribution is 4.93. The summed E-state index contributed by atoms with van der Waals surface area (Å²) in [6, 6.07) is 0. The summed E-state index contributed by atoms with van der Waals surface area (Å²) >= 11 is 0. The van der Waals surface area contributed by atoms with Crippen LogP contribution in [-0.4, -0.2) is 13.1 Å². The number of hydrogen-bond donors (Lipinski definition) is 1. The molecule has 0 bridgehead atoms. The highest BCUT2D eigenvalue weighted by Gasteiger charge is 2.39. The predicted octanol–water partition coefficient (Wildman–Crippen LogP) is 1.79. The van der Waals surface area contributed by atoms with Crippen LogP contribution in [0.3, 0.4) is 0 Å². The molecule has 1 heteroatoms. The molecule has 0 aliphatic heterocycles. The maximum Gasteiger partial charge on any atom is 0.000759 e. The average molecular weight is 127 g/mol. The molecule has 1 saturated carbocycles. The van der Waals surface area contributed by atoms with E-state index in [0.29, 0.717) is 0 Å². The van der Waals surface area contributed by atoms with Crippen LogP contribution in [-0.2, 0) is 0 Å². The molecule has 0 spiro atoms. The largest absolute Gasteiger partial charge is 0.316 e. The minimum atomic E-state index is 0.732. The summed E-state index contributed by atoms with van der Waals surface area (Å²) in [5, 5.41) is 3.40. The second-order valence-corrected chi connectivity index (χ2v) is 3.13. The number of hydrogen-bond acceptors (Lipinski definition) is 1. The molecular formula is C8H17N. The van der Waals surface area contributed by atoms with E-state index in [0.717, 1.165) is 12.0 Å². The van der Waals surface area contributed by atoms with Crippen LogP contribution in [0.15, 0.2) is 0 Å². The fourth-order valence-corrected chi connectivity index (χ4v) is 1.22. The van der Waals surface area contributed by atoms with Crippen LogP contribution in [0.5, 0.6) is 0 Å². The topological polar surface area (TPSA) is 12.0 Å². The summed E-state index contributed by atoms with van der Waals surface area (Å²) in [7, 11) is 0. The summed E-state index contributed by atoms with van der Waals surface area (Å²) in [5.74, 6) is 0. The van der Waals surface area contributed by atoms with Gasteiger partial charge in [0.1, 0.15) is 0 Å². The third kappa shape index (κ3) is 1.68. The van der Waals surface area contributed by atoms with Crippen molar-refractivity contribution in [2.75, 3.05) is 13.1 Å². The Balaban J connectivity index is 2.10. The van der Waals surface area contributed by atoms with Gasteiger partial charge in [-0.3, -0.25) is 0 Å². The van der Waals surface area contributed by atoms with Crippen LogP contribution in [0, 0.1) is 5.41 Å². The lowest BCUT2D eigenvalue weighted by atomic mass is 10.0. The molecule has 1 nitrogen and oxygen atoms in total. The minimum Gasteiger partial charge on any atom is -0.316 e. The Morgan fingerprint density at radius 3 is 2.33 bits per heavy atom. The Bertz CT molecular complexity index is 84.6. The van der Waals surface area contributed by atoms with E-state index in [9.17, 15) is 0 Å². The van der Waals surface area contributed by atoms with Gasteiger partial charge in [-0.05, 0) is 31.2 Å².